The Morgan fingerprint density at radius 2 is 1.08 bits per heavy atom. The monoisotopic (exact) mass is 552 g/mol. The molecule has 0 amide bonds. The maximum atomic E-state index is 10.9. The first kappa shape index (κ1) is 37.2. The Bertz CT molecular complexity index is 833. The van der Waals surface area contributed by atoms with Crippen molar-refractivity contribution in [3.05, 3.63) is 46.6 Å². The second-order valence-corrected chi connectivity index (χ2v) is 11.6. The Kier molecular flexibility index (Phi) is 18.5. The molecule has 0 rings (SSSR count). The summed E-state index contributed by atoms with van der Waals surface area (Å²) in [5.74, 6) is -0.323. The Balaban J connectivity index is 4.42. The van der Waals surface area contributed by atoms with E-state index in [1.807, 2.05) is 39.8 Å². The van der Waals surface area contributed by atoms with Crippen molar-refractivity contribution in [2.45, 2.75) is 136 Å². The van der Waals surface area contributed by atoms with Gasteiger partial charge in [0.1, 0.15) is 6.61 Å². The molecule has 0 aromatic heterocycles. The lowest BCUT2D eigenvalue weighted by atomic mass is 9.89. The van der Waals surface area contributed by atoms with Crippen molar-refractivity contribution in [2.75, 3.05) is 13.2 Å². The standard InChI is InChI=1S/C32H56O7/c1-24(16-18-29(35)31(6,37)20-10-14-26(3)22-33)12-8-9-13-25(2)17-19-30(36)32(7,38)21-11-15-27(4)23-39-28(5)34/h12-15,29-30,33,35-38H,8-11,16-23H2,1-7H3. The normalized spacial score (nSPS) is 18.4. The van der Waals surface area contributed by atoms with Crippen LogP contribution < -0.4 is 0 Å². The molecule has 0 spiro atoms. The van der Waals surface area contributed by atoms with Crippen LogP contribution in [0.2, 0.25) is 0 Å². The van der Waals surface area contributed by atoms with Crippen LogP contribution in [0.1, 0.15) is 113 Å². The van der Waals surface area contributed by atoms with Crippen LogP contribution in [-0.2, 0) is 9.53 Å². The van der Waals surface area contributed by atoms with Gasteiger partial charge in [0.25, 0.3) is 0 Å². The number of allylic oxidation sites excluding steroid dienone is 6. The minimum Gasteiger partial charge on any atom is -0.461 e. The minimum atomic E-state index is -1.19. The van der Waals surface area contributed by atoms with E-state index in [0.29, 0.717) is 51.4 Å². The van der Waals surface area contributed by atoms with Crippen LogP contribution in [0, 0.1) is 0 Å². The van der Waals surface area contributed by atoms with Gasteiger partial charge in [-0.1, -0.05) is 41.0 Å². The summed E-state index contributed by atoms with van der Waals surface area (Å²) >= 11 is 0. The van der Waals surface area contributed by atoms with E-state index in [2.05, 4.69) is 12.2 Å². The van der Waals surface area contributed by atoms with Gasteiger partial charge in [0.05, 0.1) is 30.0 Å². The average molecular weight is 553 g/mol. The van der Waals surface area contributed by atoms with Gasteiger partial charge in [0.2, 0.25) is 0 Å². The zero-order chi connectivity index (χ0) is 30.1. The Labute approximate surface area is 237 Å². The third kappa shape index (κ3) is 18.2. The van der Waals surface area contributed by atoms with Crippen LogP contribution in [-0.4, -0.2) is 68.1 Å². The van der Waals surface area contributed by atoms with Gasteiger partial charge in [-0.15, -0.1) is 0 Å². The molecule has 0 aliphatic heterocycles. The van der Waals surface area contributed by atoms with E-state index in [1.165, 1.54) is 18.1 Å². The number of unbranched alkanes of at least 4 members (excludes halogenated alkanes) is 1. The highest BCUT2D eigenvalue weighted by atomic mass is 16.5. The predicted octanol–water partition coefficient (Wildman–Crippen LogP) is 5.45. The van der Waals surface area contributed by atoms with E-state index in [0.717, 1.165) is 24.0 Å². The first-order chi connectivity index (χ1) is 18.1. The molecule has 0 aliphatic rings. The van der Waals surface area contributed by atoms with E-state index in [9.17, 15) is 25.2 Å². The van der Waals surface area contributed by atoms with Crippen molar-refractivity contribution >= 4 is 5.97 Å². The molecule has 4 atom stereocenters. The maximum absolute atomic E-state index is 10.9. The third-order valence-corrected chi connectivity index (χ3v) is 7.25. The molecule has 4 unspecified atom stereocenters. The van der Waals surface area contributed by atoms with Crippen LogP contribution in [0.4, 0.5) is 0 Å². The minimum absolute atomic E-state index is 0.00739. The molecule has 0 heterocycles. The highest BCUT2D eigenvalue weighted by Gasteiger charge is 2.30. The SMILES string of the molecule is CC(=O)OCC(C)=CCCC(C)(O)C(O)CCC(C)=CCCC=C(C)CCC(O)C(C)(O)CCC=C(C)CO. The summed E-state index contributed by atoms with van der Waals surface area (Å²) in [7, 11) is 0. The molecule has 0 saturated heterocycles. The lowest BCUT2D eigenvalue weighted by Crippen LogP contribution is -2.39. The molecule has 226 valence electrons. The van der Waals surface area contributed by atoms with E-state index < -0.39 is 23.4 Å². The van der Waals surface area contributed by atoms with Crippen LogP contribution in [0.3, 0.4) is 0 Å². The molecular formula is C32H56O7. The van der Waals surface area contributed by atoms with Gasteiger partial charge in [-0.05, 0) is 111 Å². The summed E-state index contributed by atoms with van der Waals surface area (Å²) in [5.41, 5.74) is 1.77. The van der Waals surface area contributed by atoms with Crippen LogP contribution in [0.25, 0.3) is 0 Å². The number of carbonyl (C=O) groups excluding carboxylic acids is 1. The largest absolute Gasteiger partial charge is 0.461 e. The first-order valence-electron chi connectivity index (χ1n) is 14.3. The van der Waals surface area contributed by atoms with Crippen molar-refractivity contribution in [3.63, 3.8) is 0 Å². The molecule has 0 radical (unpaired) electrons. The molecule has 39 heavy (non-hydrogen) atoms. The van der Waals surface area contributed by atoms with Crippen molar-refractivity contribution in [1.29, 1.82) is 0 Å². The summed E-state index contributed by atoms with van der Waals surface area (Å²) in [4.78, 5) is 10.9. The zero-order valence-corrected chi connectivity index (χ0v) is 25.5. The summed E-state index contributed by atoms with van der Waals surface area (Å²) in [6.07, 6.45) is 12.7. The van der Waals surface area contributed by atoms with E-state index in [1.54, 1.807) is 13.8 Å². The van der Waals surface area contributed by atoms with Gasteiger partial charge < -0.3 is 30.3 Å². The second-order valence-electron chi connectivity index (χ2n) is 11.6. The molecule has 5 N–H and O–H groups in total. The van der Waals surface area contributed by atoms with Gasteiger partial charge in [-0.25, -0.2) is 0 Å². The number of aliphatic hydroxyl groups excluding tert-OH is 3. The van der Waals surface area contributed by atoms with Crippen molar-refractivity contribution in [3.8, 4) is 0 Å². The highest BCUT2D eigenvalue weighted by molar-refractivity contribution is 5.66. The lowest BCUT2D eigenvalue weighted by Gasteiger charge is -2.29. The van der Waals surface area contributed by atoms with Gasteiger partial charge in [-0.3, -0.25) is 4.79 Å². The average Bonchev–Trinajstić information content (AvgIpc) is 2.86. The summed E-state index contributed by atoms with van der Waals surface area (Å²) < 4.78 is 4.95. The van der Waals surface area contributed by atoms with Gasteiger partial charge >= 0.3 is 5.97 Å². The van der Waals surface area contributed by atoms with Gasteiger partial charge in [0, 0.05) is 6.92 Å². The summed E-state index contributed by atoms with van der Waals surface area (Å²) in [6, 6.07) is 0. The summed E-state index contributed by atoms with van der Waals surface area (Å²) in [5, 5.41) is 51.3. The number of hydrogen-bond acceptors (Lipinski definition) is 7. The Morgan fingerprint density at radius 3 is 1.46 bits per heavy atom. The topological polar surface area (TPSA) is 127 Å². The lowest BCUT2D eigenvalue weighted by molar-refractivity contribution is -0.139. The third-order valence-electron chi connectivity index (χ3n) is 7.25. The fourth-order valence-corrected chi connectivity index (χ4v) is 4.11. The predicted molar refractivity (Wildman–Crippen MR) is 158 cm³/mol. The molecule has 0 aromatic carbocycles. The number of aliphatic hydroxyl groups is 5. The second kappa shape index (κ2) is 19.3. The smallest absolute Gasteiger partial charge is 0.302 e. The van der Waals surface area contributed by atoms with Crippen LogP contribution in [0.15, 0.2) is 46.6 Å². The fraction of sp³-hybridized carbons (Fsp3) is 0.719. The molecule has 0 fully saturated rings. The van der Waals surface area contributed by atoms with Crippen molar-refractivity contribution in [2.24, 2.45) is 0 Å². The fourth-order valence-electron chi connectivity index (χ4n) is 4.11. The van der Waals surface area contributed by atoms with E-state index in [4.69, 9.17) is 9.84 Å². The number of rotatable bonds is 20. The molecule has 0 bridgehead atoms. The van der Waals surface area contributed by atoms with Crippen LogP contribution in [0.5, 0.6) is 0 Å². The Hall–Kier alpha value is -1.77. The zero-order valence-electron chi connectivity index (χ0n) is 25.5. The quantitative estimate of drug-likeness (QED) is 0.0772. The molecule has 0 aliphatic carbocycles. The molecular weight excluding hydrogens is 496 g/mol. The number of carbonyl (C=O) groups is 1. The van der Waals surface area contributed by atoms with E-state index in [-0.39, 0.29) is 19.2 Å². The maximum Gasteiger partial charge on any atom is 0.302 e. The molecule has 7 nitrogen and oxygen atoms in total. The number of ether oxygens (including phenoxy) is 1. The number of esters is 1. The van der Waals surface area contributed by atoms with Crippen molar-refractivity contribution < 1.29 is 35.1 Å². The van der Waals surface area contributed by atoms with Crippen molar-refractivity contribution in [1.82, 2.24) is 0 Å². The van der Waals surface area contributed by atoms with Crippen LogP contribution >= 0.6 is 0 Å². The van der Waals surface area contributed by atoms with Gasteiger partial charge in [-0.2, -0.15) is 0 Å². The Morgan fingerprint density at radius 1 is 0.692 bits per heavy atom. The van der Waals surface area contributed by atoms with Gasteiger partial charge in [0.15, 0.2) is 0 Å². The summed E-state index contributed by atoms with van der Waals surface area (Å²) in [6.45, 7) is 12.7. The number of hydrogen-bond donors (Lipinski definition) is 5. The molecule has 0 aromatic rings. The first-order valence-corrected chi connectivity index (χ1v) is 14.3. The molecule has 0 saturated carbocycles. The highest BCUT2D eigenvalue weighted by Crippen LogP contribution is 2.24. The van der Waals surface area contributed by atoms with E-state index >= 15 is 0 Å². The molecule has 7 heteroatoms.